The van der Waals surface area contributed by atoms with Crippen LogP contribution in [0.25, 0.3) is 0 Å². The minimum absolute atomic E-state index is 0.000687. The highest BCUT2D eigenvalue weighted by Crippen LogP contribution is 2.39. The molecule has 0 saturated carbocycles. The Bertz CT molecular complexity index is 1830. The van der Waals surface area contributed by atoms with Crippen LogP contribution in [0.15, 0.2) is 0 Å². The van der Waals surface area contributed by atoms with Crippen LogP contribution in [-0.2, 0) is 33.6 Å². The summed E-state index contributed by atoms with van der Waals surface area (Å²) < 4.78 is 0. The number of nitrogens with one attached hydrogen (secondary N) is 4. The maximum absolute atomic E-state index is 12.5. The van der Waals surface area contributed by atoms with E-state index in [0.29, 0.717) is 54.2 Å². The largest absolute Gasteiger partial charge is 0.331 e. The number of Topliss-reactive ketones (excluding diaryl/α,β-unsaturated/α-hetero) is 4. The predicted octanol–water partition coefficient (Wildman–Crippen LogP) is 7.82. The number of hydrogen-bond acceptors (Lipinski definition) is 14. The van der Waals surface area contributed by atoms with Gasteiger partial charge in [-0.25, -0.2) is 0 Å². The first-order valence-corrected chi connectivity index (χ1v) is 31.6. The number of carbonyl (C=O) groups is 7. The fourth-order valence-electron chi connectivity index (χ4n) is 11.3. The van der Waals surface area contributed by atoms with Crippen molar-refractivity contribution in [3.8, 4) is 0 Å². The van der Waals surface area contributed by atoms with Gasteiger partial charge in [0.1, 0.15) is 6.04 Å². The fraction of sp³-hybridized carbons (Fsp3) is 0.881. The molecule has 6 fully saturated rings. The van der Waals surface area contributed by atoms with Crippen molar-refractivity contribution in [3.63, 3.8) is 0 Å². The first-order chi connectivity index (χ1) is 35.4. The average molecular weight is 1110 g/mol. The lowest BCUT2D eigenvalue weighted by Crippen LogP contribution is -2.54. The molecule has 4 N–H and O–H groups in total. The molecule has 6 saturated heterocycles. The molecule has 0 aromatic heterocycles. The van der Waals surface area contributed by atoms with Crippen LogP contribution in [0.1, 0.15) is 183 Å². The quantitative estimate of drug-likeness (QED) is 0.0824. The lowest BCUT2D eigenvalue weighted by Gasteiger charge is -2.38. The fourth-order valence-corrected chi connectivity index (χ4v) is 14.2. The number of hydrogen-bond donors (Lipinski definition) is 4. The first kappa shape index (κ1) is 67.9. The Labute approximate surface area is 470 Å². The average Bonchev–Trinajstić information content (AvgIpc) is 4.15. The van der Waals surface area contributed by atoms with Crippen molar-refractivity contribution in [1.82, 2.24) is 40.9 Å². The third kappa shape index (κ3) is 19.7. The molecule has 17 heteroatoms. The van der Waals surface area contributed by atoms with Crippen molar-refractivity contribution < 1.29 is 33.6 Å². The van der Waals surface area contributed by atoms with Gasteiger partial charge in [-0.2, -0.15) is 0 Å². The molecule has 6 rings (SSSR count). The van der Waals surface area contributed by atoms with Gasteiger partial charge in [-0.05, 0) is 50.4 Å². The Balaban J connectivity index is 0.000000267. The molecule has 0 spiro atoms. The van der Waals surface area contributed by atoms with Gasteiger partial charge in [-0.1, -0.05) is 138 Å². The zero-order chi connectivity index (χ0) is 57.6. The third-order valence-corrected chi connectivity index (χ3v) is 17.6. The van der Waals surface area contributed by atoms with Crippen LogP contribution in [0.3, 0.4) is 0 Å². The summed E-state index contributed by atoms with van der Waals surface area (Å²) in [6.07, 6.45) is 6.41. The van der Waals surface area contributed by atoms with Crippen molar-refractivity contribution in [3.05, 3.63) is 0 Å². The summed E-state index contributed by atoms with van der Waals surface area (Å²) in [6.45, 7) is 43.0. The number of rotatable bonds is 22. The van der Waals surface area contributed by atoms with Crippen molar-refractivity contribution in [2.24, 2.45) is 35.5 Å². The summed E-state index contributed by atoms with van der Waals surface area (Å²) in [5, 5.41) is 14.3. The number of carbonyl (C=O) groups excluding carboxylic acids is 7. The second-order valence-electron chi connectivity index (χ2n) is 25.7. The van der Waals surface area contributed by atoms with Crippen molar-refractivity contribution in [1.29, 1.82) is 0 Å². The minimum atomic E-state index is -0.249. The van der Waals surface area contributed by atoms with Crippen LogP contribution in [0, 0.1) is 35.5 Å². The van der Waals surface area contributed by atoms with Crippen LogP contribution in [0.5, 0.6) is 0 Å². The van der Waals surface area contributed by atoms with E-state index in [0.717, 1.165) is 50.2 Å². The molecule has 76 heavy (non-hydrogen) atoms. The van der Waals surface area contributed by atoms with Gasteiger partial charge in [-0.3, -0.25) is 38.5 Å². The molecule has 6 heterocycles. The van der Waals surface area contributed by atoms with Gasteiger partial charge in [0.25, 0.3) is 0 Å². The lowest BCUT2D eigenvalue weighted by atomic mass is 9.93. The Kier molecular flexibility index (Phi) is 28.2. The molecule has 15 nitrogen and oxygen atoms in total. The van der Waals surface area contributed by atoms with E-state index in [9.17, 15) is 33.6 Å². The summed E-state index contributed by atoms with van der Waals surface area (Å²) in [5.74, 6) is 4.00. The Morgan fingerprint density at radius 1 is 0.474 bits per heavy atom. The molecule has 0 bridgehead atoms. The van der Waals surface area contributed by atoms with Gasteiger partial charge >= 0.3 is 0 Å². The monoisotopic (exact) mass is 1100 g/mol. The second kappa shape index (κ2) is 31.6. The maximum atomic E-state index is 12.5. The van der Waals surface area contributed by atoms with Crippen LogP contribution >= 0.6 is 23.5 Å². The topological polar surface area (TPSA) is 181 Å². The molecular formula is C59H108N8O7S2. The van der Waals surface area contributed by atoms with Gasteiger partial charge < -0.3 is 36.0 Å². The van der Waals surface area contributed by atoms with E-state index in [4.69, 9.17) is 0 Å². The van der Waals surface area contributed by atoms with Crippen molar-refractivity contribution in [2.75, 3.05) is 31.1 Å². The van der Waals surface area contributed by atoms with Gasteiger partial charge in [0.2, 0.25) is 17.7 Å². The Morgan fingerprint density at radius 2 is 0.868 bits per heavy atom. The lowest BCUT2D eigenvalue weighted by molar-refractivity contribution is -0.139. The molecule has 10 atom stereocenters. The molecule has 438 valence electrons. The van der Waals surface area contributed by atoms with E-state index in [2.05, 4.69) is 67.7 Å². The highest BCUT2D eigenvalue weighted by molar-refractivity contribution is 8.00. The standard InChI is InChI=1S/2C16H30N2O2.C14H26N2OS.C13H22N2O2S/c2*1-10(2)9-14(15(19)11(3)4)18-8-7-13(16(18)20)17-12(5)6;1-9(2)14(17)12-8-18-13-6-5-11(7-16(12)13)15-10(3)4;1-7(2)12(16)10-6-18-11-5-9(14-8(3)4)13(17)15(10)11/h2*10-14,17H,7-9H2,1-6H3;9-13,15H,5-8H2,1-4H3;7-11,14H,5-6H2,1-4H3/t13-,14+;13-,14-;11-,12-,13-;9-,10-,11?/m1011/s1. The smallest absolute Gasteiger partial charge is 0.241 e. The summed E-state index contributed by atoms with van der Waals surface area (Å²) in [5.41, 5.74) is 0. The molecule has 0 aliphatic carbocycles. The zero-order valence-corrected chi connectivity index (χ0v) is 52.6. The van der Waals surface area contributed by atoms with E-state index < -0.39 is 0 Å². The summed E-state index contributed by atoms with van der Waals surface area (Å²) in [4.78, 5) is 94.5. The highest BCUT2D eigenvalue weighted by Gasteiger charge is 2.50. The molecule has 6 aliphatic rings. The van der Waals surface area contributed by atoms with E-state index >= 15 is 0 Å². The Hall–Kier alpha value is -2.41. The normalized spacial score (nSPS) is 26.6. The maximum Gasteiger partial charge on any atom is 0.241 e. The van der Waals surface area contributed by atoms with Gasteiger partial charge in [0.05, 0.1) is 47.0 Å². The Morgan fingerprint density at radius 3 is 1.26 bits per heavy atom. The van der Waals surface area contributed by atoms with Crippen LogP contribution in [0.4, 0.5) is 0 Å². The molecule has 3 amide bonds. The van der Waals surface area contributed by atoms with Crippen molar-refractivity contribution >= 4 is 64.4 Å². The van der Waals surface area contributed by atoms with E-state index in [1.807, 2.05) is 123 Å². The number of thioether (sulfide) groups is 2. The number of amides is 3. The molecule has 0 aromatic carbocycles. The number of piperidine rings is 1. The molecular weight excluding hydrogens is 997 g/mol. The van der Waals surface area contributed by atoms with E-state index in [-0.39, 0.29) is 118 Å². The molecule has 0 radical (unpaired) electrons. The summed E-state index contributed by atoms with van der Waals surface area (Å²) >= 11 is 3.72. The van der Waals surface area contributed by atoms with E-state index in [1.165, 1.54) is 12.8 Å². The summed E-state index contributed by atoms with van der Waals surface area (Å²) in [6, 6.07) is 1.07. The van der Waals surface area contributed by atoms with Gasteiger partial charge in [0.15, 0.2) is 23.1 Å². The zero-order valence-electron chi connectivity index (χ0n) is 51.0. The molecule has 0 aromatic rings. The third-order valence-electron chi connectivity index (χ3n) is 14.9. The number of ketones is 4. The SMILES string of the molecule is CC(C)C[C@@H](C(=O)C(C)C)N1CC[C@@H](NC(C)C)C1=O.CC(C)C[C@@H](C(=O)C(C)C)N1CC[C@H](NC(C)C)C1=O.CC(C)N[C@@H]1CC2SC[C@H](C(=O)C(C)C)N2C1=O.CC(C)N[C@@H]1CC[C@H]2SC[C@H](C(=O)C(C)C)N2C1. The van der Waals surface area contributed by atoms with Crippen LogP contribution in [-0.4, -0.2) is 175 Å². The highest BCUT2D eigenvalue weighted by atomic mass is 32.2. The van der Waals surface area contributed by atoms with E-state index in [1.54, 1.807) is 11.8 Å². The van der Waals surface area contributed by atoms with Gasteiger partial charge in [-0.15, -0.1) is 23.5 Å². The number of likely N-dealkylation sites (tertiary alicyclic amines) is 2. The minimum Gasteiger partial charge on any atom is -0.331 e. The number of nitrogens with zero attached hydrogens (tertiary/aromatic N) is 4. The first-order valence-electron chi connectivity index (χ1n) is 29.5. The van der Waals surface area contributed by atoms with Crippen molar-refractivity contribution in [2.45, 2.75) is 267 Å². The van der Waals surface area contributed by atoms with Gasteiger partial charge in [0, 0.05) is 91.4 Å². The molecule has 1 unspecified atom stereocenters. The summed E-state index contributed by atoms with van der Waals surface area (Å²) in [7, 11) is 0. The second-order valence-corrected chi connectivity index (χ2v) is 28.1. The number of fused-ring (bicyclic) bond motifs is 2. The predicted molar refractivity (Wildman–Crippen MR) is 314 cm³/mol. The van der Waals surface area contributed by atoms with Crippen LogP contribution < -0.4 is 21.3 Å². The molecule has 6 aliphatic heterocycles. The van der Waals surface area contributed by atoms with Crippen LogP contribution in [0.2, 0.25) is 0 Å².